The molecule has 1 aromatic rings. The van der Waals surface area contributed by atoms with Gasteiger partial charge in [0.05, 0.1) is 23.8 Å². The van der Waals surface area contributed by atoms with Crippen LogP contribution in [0, 0.1) is 0 Å². The molecule has 4 heteroatoms. The van der Waals surface area contributed by atoms with Gasteiger partial charge in [0, 0.05) is 12.0 Å². The van der Waals surface area contributed by atoms with Gasteiger partial charge in [-0.15, -0.1) is 0 Å². The van der Waals surface area contributed by atoms with Crippen molar-refractivity contribution in [2.24, 2.45) is 0 Å². The molecule has 1 saturated carbocycles. The van der Waals surface area contributed by atoms with E-state index in [9.17, 15) is 5.11 Å². The molecule has 86 valence electrons. The molecule has 3 rings (SSSR count). The van der Waals surface area contributed by atoms with Crippen molar-refractivity contribution >= 4 is 11.6 Å². The second-order valence-electron chi connectivity index (χ2n) is 4.34. The van der Waals surface area contributed by atoms with E-state index in [1.165, 1.54) is 0 Å². The van der Waals surface area contributed by atoms with E-state index >= 15 is 0 Å². The summed E-state index contributed by atoms with van der Waals surface area (Å²) in [6.07, 6.45) is 2.40. The van der Waals surface area contributed by atoms with E-state index in [4.69, 9.17) is 21.1 Å². The monoisotopic (exact) mass is 240 g/mol. The maximum atomic E-state index is 10.2. The van der Waals surface area contributed by atoms with Crippen LogP contribution < -0.4 is 9.47 Å². The Hall–Kier alpha value is -0.930. The Morgan fingerprint density at radius 3 is 2.50 bits per heavy atom. The smallest absolute Gasteiger partial charge is 0.180 e. The third-order valence-electron chi connectivity index (χ3n) is 3.07. The van der Waals surface area contributed by atoms with Crippen molar-refractivity contribution in [2.75, 3.05) is 13.2 Å². The summed E-state index contributed by atoms with van der Waals surface area (Å²) in [7, 11) is 0. The van der Waals surface area contributed by atoms with E-state index in [0.29, 0.717) is 29.7 Å². The topological polar surface area (TPSA) is 38.7 Å². The highest BCUT2D eigenvalue weighted by atomic mass is 35.5. The van der Waals surface area contributed by atoms with Crippen molar-refractivity contribution in [3.8, 4) is 11.5 Å². The second-order valence-corrected chi connectivity index (χ2v) is 4.74. The van der Waals surface area contributed by atoms with Crippen LogP contribution in [0.25, 0.3) is 0 Å². The summed E-state index contributed by atoms with van der Waals surface area (Å²) in [6, 6.07) is 3.60. The van der Waals surface area contributed by atoms with Crippen LogP contribution in [-0.4, -0.2) is 18.3 Å². The molecule has 0 saturated heterocycles. The highest BCUT2D eigenvalue weighted by Gasteiger charge is 2.45. The first-order chi connectivity index (χ1) is 7.71. The summed E-state index contributed by atoms with van der Waals surface area (Å²) >= 11 is 6.07. The van der Waals surface area contributed by atoms with Crippen LogP contribution in [0.15, 0.2) is 12.1 Å². The van der Waals surface area contributed by atoms with Crippen molar-refractivity contribution in [3.05, 3.63) is 22.7 Å². The van der Waals surface area contributed by atoms with Gasteiger partial charge in [-0.25, -0.2) is 0 Å². The lowest BCUT2D eigenvalue weighted by molar-refractivity contribution is 0.145. The first-order valence-electron chi connectivity index (χ1n) is 5.52. The summed E-state index contributed by atoms with van der Waals surface area (Å²) in [5, 5.41) is 10.7. The van der Waals surface area contributed by atoms with E-state index in [1.807, 2.05) is 6.07 Å². The fourth-order valence-corrected chi connectivity index (χ4v) is 2.18. The van der Waals surface area contributed by atoms with E-state index in [1.54, 1.807) is 6.07 Å². The Balaban J connectivity index is 2.13. The zero-order valence-electron chi connectivity index (χ0n) is 8.83. The molecular formula is C12H13ClO3. The number of hydrogen-bond donors (Lipinski definition) is 1. The Morgan fingerprint density at radius 2 is 1.81 bits per heavy atom. The van der Waals surface area contributed by atoms with Crippen LogP contribution >= 0.6 is 11.6 Å². The molecule has 1 fully saturated rings. The first kappa shape index (κ1) is 10.2. The van der Waals surface area contributed by atoms with Crippen molar-refractivity contribution in [1.29, 1.82) is 0 Å². The summed E-state index contributed by atoms with van der Waals surface area (Å²) in [6.45, 7) is 1.21. The lowest BCUT2D eigenvalue weighted by atomic mass is 10.1. The van der Waals surface area contributed by atoms with Gasteiger partial charge in [0.2, 0.25) is 0 Å². The highest BCUT2D eigenvalue weighted by molar-refractivity contribution is 6.32. The lowest BCUT2D eigenvalue weighted by Gasteiger charge is -2.17. The molecule has 16 heavy (non-hydrogen) atoms. The van der Waals surface area contributed by atoms with Gasteiger partial charge < -0.3 is 14.6 Å². The molecule has 0 atom stereocenters. The van der Waals surface area contributed by atoms with Crippen molar-refractivity contribution in [2.45, 2.75) is 24.9 Å². The molecule has 0 aromatic heterocycles. The zero-order chi connectivity index (χ0) is 11.2. The SMILES string of the molecule is OC1(c2ccc(Cl)c3c2OCCCO3)CC1. The predicted molar refractivity (Wildman–Crippen MR) is 60.2 cm³/mol. The maximum absolute atomic E-state index is 10.2. The molecule has 2 aliphatic rings. The molecular weight excluding hydrogens is 228 g/mol. The van der Waals surface area contributed by atoms with Gasteiger partial charge in [-0.05, 0) is 18.9 Å². The van der Waals surface area contributed by atoms with Gasteiger partial charge in [0.15, 0.2) is 11.5 Å². The van der Waals surface area contributed by atoms with Gasteiger partial charge in [-0.3, -0.25) is 0 Å². The number of aliphatic hydroxyl groups is 1. The number of rotatable bonds is 1. The van der Waals surface area contributed by atoms with Gasteiger partial charge >= 0.3 is 0 Å². The molecule has 1 aliphatic carbocycles. The van der Waals surface area contributed by atoms with E-state index in [-0.39, 0.29) is 0 Å². The molecule has 0 bridgehead atoms. The zero-order valence-corrected chi connectivity index (χ0v) is 9.59. The lowest BCUT2D eigenvalue weighted by Crippen LogP contribution is -2.08. The van der Waals surface area contributed by atoms with Gasteiger partial charge in [0.25, 0.3) is 0 Å². The Kier molecular flexibility index (Phi) is 2.26. The molecule has 3 nitrogen and oxygen atoms in total. The average Bonchev–Trinajstić information content (AvgIpc) is 3.03. The third-order valence-corrected chi connectivity index (χ3v) is 3.37. The van der Waals surface area contributed by atoms with Crippen LogP contribution in [0.5, 0.6) is 11.5 Å². The van der Waals surface area contributed by atoms with Crippen LogP contribution in [0.4, 0.5) is 0 Å². The molecule has 1 aromatic carbocycles. The molecule has 1 aliphatic heterocycles. The minimum Gasteiger partial charge on any atom is -0.489 e. The minimum absolute atomic E-state index is 0.546. The minimum atomic E-state index is -0.720. The van der Waals surface area contributed by atoms with Gasteiger partial charge in [-0.2, -0.15) is 0 Å². The molecule has 0 spiro atoms. The summed E-state index contributed by atoms with van der Waals surface area (Å²) in [5.74, 6) is 1.21. The summed E-state index contributed by atoms with van der Waals surface area (Å²) < 4.78 is 11.2. The van der Waals surface area contributed by atoms with Crippen molar-refractivity contribution < 1.29 is 14.6 Å². The van der Waals surface area contributed by atoms with Crippen LogP contribution in [0.1, 0.15) is 24.8 Å². The van der Waals surface area contributed by atoms with E-state index in [2.05, 4.69) is 0 Å². The average molecular weight is 241 g/mol. The highest BCUT2D eigenvalue weighted by Crippen LogP contribution is 2.52. The standard InChI is InChI=1S/C12H13ClO3/c13-9-3-2-8(12(14)4-5-12)10-11(9)16-7-1-6-15-10/h2-3,14H,1,4-7H2. The second kappa shape index (κ2) is 3.54. The van der Waals surface area contributed by atoms with Gasteiger partial charge in [-0.1, -0.05) is 17.7 Å². The largest absolute Gasteiger partial charge is 0.489 e. The summed E-state index contributed by atoms with van der Waals surface area (Å²) in [5.41, 5.74) is 0.0938. The van der Waals surface area contributed by atoms with E-state index in [0.717, 1.165) is 24.8 Å². The fraction of sp³-hybridized carbons (Fsp3) is 0.500. The van der Waals surface area contributed by atoms with Crippen LogP contribution in [0.2, 0.25) is 5.02 Å². The van der Waals surface area contributed by atoms with Crippen molar-refractivity contribution in [3.63, 3.8) is 0 Å². The number of ether oxygens (including phenoxy) is 2. The Bertz CT molecular complexity index is 427. The molecule has 0 radical (unpaired) electrons. The molecule has 1 heterocycles. The Labute approximate surface area is 98.9 Å². The van der Waals surface area contributed by atoms with Gasteiger partial charge in [0.1, 0.15) is 0 Å². The quantitative estimate of drug-likeness (QED) is 0.820. The molecule has 1 N–H and O–H groups in total. The van der Waals surface area contributed by atoms with Crippen molar-refractivity contribution in [1.82, 2.24) is 0 Å². The predicted octanol–water partition coefficient (Wildman–Crippen LogP) is 2.48. The van der Waals surface area contributed by atoms with Crippen LogP contribution in [-0.2, 0) is 5.60 Å². The number of fused-ring (bicyclic) bond motifs is 1. The number of hydrogen-bond acceptors (Lipinski definition) is 3. The fourth-order valence-electron chi connectivity index (χ4n) is 1.98. The first-order valence-corrected chi connectivity index (χ1v) is 5.89. The maximum Gasteiger partial charge on any atom is 0.180 e. The third kappa shape index (κ3) is 1.55. The van der Waals surface area contributed by atoms with E-state index < -0.39 is 5.60 Å². The van der Waals surface area contributed by atoms with Crippen LogP contribution in [0.3, 0.4) is 0 Å². The number of halogens is 1. The molecule has 0 unspecified atom stereocenters. The molecule has 0 amide bonds. The Morgan fingerprint density at radius 1 is 1.12 bits per heavy atom. The normalized spacial score (nSPS) is 21.4. The number of benzene rings is 1. The summed E-state index contributed by atoms with van der Waals surface area (Å²) in [4.78, 5) is 0.